The molecule has 0 spiro atoms. The van der Waals surface area contributed by atoms with Crippen molar-refractivity contribution < 1.29 is 4.42 Å². The highest BCUT2D eigenvalue weighted by Crippen LogP contribution is 2.20. The first-order chi connectivity index (χ1) is 8.33. The van der Waals surface area contributed by atoms with Gasteiger partial charge in [0.2, 0.25) is 5.89 Å². The minimum atomic E-state index is 0.318. The molecule has 0 amide bonds. The molecule has 2 heterocycles. The molecule has 5 heteroatoms. The number of hydrogen-bond donors (Lipinski definition) is 0. The molecule has 2 aromatic heterocycles. The van der Waals surface area contributed by atoms with E-state index in [4.69, 9.17) is 16.0 Å². The molecule has 0 saturated carbocycles. The quantitative estimate of drug-likeness (QED) is 0.652. The summed E-state index contributed by atoms with van der Waals surface area (Å²) in [5, 5.41) is 0.318. The topological polar surface area (TPSA) is 51.8 Å². The molecule has 0 saturated heterocycles. The van der Waals surface area contributed by atoms with Crippen molar-refractivity contribution in [1.82, 2.24) is 15.0 Å². The van der Waals surface area contributed by atoms with E-state index in [1.54, 1.807) is 0 Å². The van der Waals surface area contributed by atoms with E-state index in [0.717, 1.165) is 5.56 Å². The number of oxazole rings is 1. The summed E-state index contributed by atoms with van der Waals surface area (Å²) in [5.74, 6) is 0.591. The number of hydrogen-bond acceptors (Lipinski definition) is 4. The Balaban J connectivity index is 1.99. The molecule has 0 aliphatic carbocycles. The summed E-state index contributed by atoms with van der Waals surface area (Å²) in [6.07, 6.45) is 1.98. The molecule has 3 aromatic rings. The van der Waals surface area contributed by atoms with Crippen molar-refractivity contribution in [3.05, 3.63) is 53.3 Å². The minimum absolute atomic E-state index is 0.318. The average molecular weight is 246 g/mol. The number of benzene rings is 1. The van der Waals surface area contributed by atoms with Crippen LogP contribution in [-0.2, 0) is 6.42 Å². The van der Waals surface area contributed by atoms with Gasteiger partial charge in [0.1, 0.15) is 6.33 Å². The molecule has 0 radical (unpaired) electrons. The largest absolute Gasteiger partial charge is 0.422 e. The van der Waals surface area contributed by atoms with Crippen LogP contribution in [0, 0.1) is 0 Å². The summed E-state index contributed by atoms with van der Waals surface area (Å²) >= 11 is 5.90. The van der Waals surface area contributed by atoms with Crippen molar-refractivity contribution in [3.8, 4) is 0 Å². The van der Waals surface area contributed by atoms with E-state index in [1.165, 1.54) is 6.33 Å². The molecule has 1 aromatic carbocycles. The van der Waals surface area contributed by atoms with Gasteiger partial charge in [0.05, 0.1) is 0 Å². The first kappa shape index (κ1) is 10.2. The number of fused-ring (bicyclic) bond motifs is 1. The molecule has 0 fully saturated rings. The van der Waals surface area contributed by atoms with Crippen LogP contribution in [0.2, 0.25) is 5.15 Å². The Morgan fingerprint density at radius 3 is 2.71 bits per heavy atom. The third-order valence-corrected chi connectivity index (χ3v) is 2.67. The predicted octanol–water partition coefficient (Wildman–Crippen LogP) is 2.86. The van der Waals surface area contributed by atoms with Crippen molar-refractivity contribution in [2.75, 3.05) is 0 Å². The van der Waals surface area contributed by atoms with Crippen molar-refractivity contribution in [2.45, 2.75) is 6.42 Å². The Hall–Kier alpha value is -1.94. The first-order valence-corrected chi connectivity index (χ1v) is 5.50. The van der Waals surface area contributed by atoms with Crippen LogP contribution in [0.3, 0.4) is 0 Å². The van der Waals surface area contributed by atoms with Gasteiger partial charge in [0.25, 0.3) is 5.71 Å². The zero-order valence-electron chi connectivity index (χ0n) is 8.80. The van der Waals surface area contributed by atoms with Crippen LogP contribution in [0.4, 0.5) is 0 Å². The van der Waals surface area contributed by atoms with Crippen LogP contribution in [0.15, 0.2) is 41.1 Å². The van der Waals surface area contributed by atoms with Gasteiger partial charge in [-0.2, -0.15) is 4.98 Å². The minimum Gasteiger partial charge on any atom is -0.422 e. The zero-order chi connectivity index (χ0) is 11.7. The molecular formula is C12H8ClN3O. The van der Waals surface area contributed by atoms with Crippen LogP contribution in [0.5, 0.6) is 0 Å². The monoisotopic (exact) mass is 245 g/mol. The molecule has 0 aliphatic heterocycles. The van der Waals surface area contributed by atoms with E-state index < -0.39 is 0 Å². The SMILES string of the molecule is Clc1ncnc2oc(Cc3ccccc3)nc12. The van der Waals surface area contributed by atoms with E-state index >= 15 is 0 Å². The van der Waals surface area contributed by atoms with E-state index in [-0.39, 0.29) is 0 Å². The third kappa shape index (κ3) is 1.99. The fourth-order valence-corrected chi connectivity index (χ4v) is 1.78. The van der Waals surface area contributed by atoms with Crippen LogP contribution < -0.4 is 0 Å². The van der Waals surface area contributed by atoms with Gasteiger partial charge in [0.15, 0.2) is 10.7 Å². The van der Waals surface area contributed by atoms with Gasteiger partial charge in [-0.25, -0.2) is 9.97 Å². The second-order valence-electron chi connectivity index (χ2n) is 3.59. The molecule has 3 rings (SSSR count). The summed E-state index contributed by atoms with van der Waals surface area (Å²) in [6, 6.07) is 9.96. The summed E-state index contributed by atoms with van der Waals surface area (Å²) in [6.45, 7) is 0. The smallest absolute Gasteiger partial charge is 0.251 e. The van der Waals surface area contributed by atoms with E-state index in [0.29, 0.717) is 28.7 Å². The lowest BCUT2D eigenvalue weighted by molar-refractivity contribution is 0.535. The molecular weight excluding hydrogens is 238 g/mol. The molecule has 0 unspecified atom stereocenters. The van der Waals surface area contributed by atoms with Crippen LogP contribution in [0.1, 0.15) is 11.5 Å². The van der Waals surface area contributed by atoms with Gasteiger partial charge >= 0.3 is 0 Å². The maximum Gasteiger partial charge on any atom is 0.251 e. The van der Waals surface area contributed by atoms with Crippen LogP contribution >= 0.6 is 11.6 Å². The summed E-state index contributed by atoms with van der Waals surface area (Å²) in [7, 11) is 0. The van der Waals surface area contributed by atoms with E-state index in [2.05, 4.69) is 15.0 Å². The Bertz CT molecular complexity index is 651. The lowest BCUT2D eigenvalue weighted by Crippen LogP contribution is -1.86. The molecule has 84 valence electrons. The number of rotatable bonds is 2. The van der Waals surface area contributed by atoms with Gasteiger partial charge in [-0.15, -0.1) is 0 Å². The maximum absolute atomic E-state index is 5.90. The Labute approximate surface area is 102 Å². The lowest BCUT2D eigenvalue weighted by Gasteiger charge is -1.94. The first-order valence-electron chi connectivity index (χ1n) is 5.13. The second kappa shape index (κ2) is 4.14. The summed E-state index contributed by atoms with van der Waals surface area (Å²) in [4.78, 5) is 12.1. The molecule has 0 atom stereocenters. The highest BCUT2D eigenvalue weighted by Gasteiger charge is 2.10. The van der Waals surface area contributed by atoms with Crippen LogP contribution in [-0.4, -0.2) is 15.0 Å². The molecule has 17 heavy (non-hydrogen) atoms. The van der Waals surface area contributed by atoms with Crippen molar-refractivity contribution in [3.63, 3.8) is 0 Å². The number of halogens is 1. The van der Waals surface area contributed by atoms with E-state index in [1.807, 2.05) is 30.3 Å². The average Bonchev–Trinajstić information content (AvgIpc) is 2.74. The van der Waals surface area contributed by atoms with Crippen molar-refractivity contribution in [2.24, 2.45) is 0 Å². The highest BCUT2D eigenvalue weighted by atomic mass is 35.5. The van der Waals surface area contributed by atoms with E-state index in [9.17, 15) is 0 Å². The van der Waals surface area contributed by atoms with Gasteiger partial charge in [-0.1, -0.05) is 41.9 Å². The molecule has 0 bridgehead atoms. The van der Waals surface area contributed by atoms with Gasteiger partial charge < -0.3 is 4.42 Å². The fraction of sp³-hybridized carbons (Fsp3) is 0.0833. The normalized spacial score (nSPS) is 10.9. The van der Waals surface area contributed by atoms with Gasteiger partial charge in [0, 0.05) is 6.42 Å². The molecule has 0 N–H and O–H groups in total. The Morgan fingerprint density at radius 1 is 1.12 bits per heavy atom. The summed E-state index contributed by atoms with van der Waals surface area (Å²) in [5.41, 5.74) is 2.07. The fourth-order valence-electron chi connectivity index (χ4n) is 1.62. The predicted molar refractivity (Wildman–Crippen MR) is 63.9 cm³/mol. The number of aromatic nitrogens is 3. The Kier molecular flexibility index (Phi) is 2.49. The zero-order valence-corrected chi connectivity index (χ0v) is 9.55. The highest BCUT2D eigenvalue weighted by molar-refractivity contribution is 6.33. The van der Waals surface area contributed by atoms with Gasteiger partial charge in [-0.3, -0.25) is 0 Å². The second-order valence-corrected chi connectivity index (χ2v) is 3.95. The molecule has 4 nitrogen and oxygen atoms in total. The van der Waals surface area contributed by atoms with Crippen molar-refractivity contribution >= 4 is 22.8 Å². The van der Waals surface area contributed by atoms with Crippen LogP contribution in [0.25, 0.3) is 11.2 Å². The van der Waals surface area contributed by atoms with Gasteiger partial charge in [-0.05, 0) is 5.56 Å². The Morgan fingerprint density at radius 2 is 1.94 bits per heavy atom. The maximum atomic E-state index is 5.90. The third-order valence-electron chi connectivity index (χ3n) is 2.39. The standard InChI is InChI=1S/C12H8ClN3O/c13-11-10-12(15-7-14-11)17-9(16-10)6-8-4-2-1-3-5-8/h1-5,7H,6H2. The van der Waals surface area contributed by atoms with Crippen molar-refractivity contribution in [1.29, 1.82) is 0 Å². The number of nitrogens with zero attached hydrogens (tertiary/aromatic N) is 3. The lowest BCUT2D eigenvalue weighted by atomic mass is 10.1. The molecule has 0 aliphatic rings. The summed E-state index contributed by atoms with van der Waals surface area (Å²) < 4.78 is 5.51.